The zero-order valence-electron chi connectivity index (χ0n) is 13.7. The first kappa shape index (κ1) is 17.0. The maximum Gasteiger partial charge on any atom is 0.408 e. The van der Waals surface area contributed by atoms with Crippen molar-refractivity contribution in [3.8, 4) is 6.07 Å². The molecule has 0 fully saturated rings. The van der Waals surface area contributed by atoms with Crippen LogP contribution in [0.15, 0.2) is 24.3 Å². The standard InChI is InChI=1S/C17H24N2O2/c1-16(2,3)13-9-7-12(8-10-13)14(11-18)19-15(20)21-17(4,5)6/h7-10,14H,1-6H3,(H,19,20)/t14-/m1/s1. The van der Waals surface area contributed by atoms with E-state index in [2.05, 4.69) is 32.2 Å². The molecule has 1 atom stereocenters. The predicted octanol–water partition coefficient (Wildman–Crippen LogP) is 4.07. The molecule has 0 radical (unpaired) electrons. The summed E-state index contributed by atoms with van der Waals surface area (Å²) >= 11 is 0. The first-order valence-electron chi connectivity index (χ1n) is 7.02. The van der Waals surface area contributed by atoms with Crippen LogP contribution in [-0.2, 0) is 10.2 Å². The van der Waals surface area contributed by atoms with Crippen molar-refractivity contribution in [2.45, 2.75) is 58.6 Å². The van der Waals surface area contributed by atoms with Gasteiger partial charge >= 0.3 is 6.09 Å². The van der Waals surface area contributed by atoms with Crippen molar-refractivity contribution in [3.05, 3.63) is 35.4 Å². The van der Waals surface area contributed by atoms with Crippen LogP contribution in [0.25, 0.3) is 0 Å². The van der Waals surface area contributed by atoms with E-state index in [9.17, 15) is 10.1 Å². The normalized spacial score (nSPS) is 13.2. The summed E-state index contributed by atoms with van der Waals surface area (Å²) in [4.78, 5) is 11.7. The maximum atomic E-state index is 11.7. The fourth-order valence-corrected chi connectivity index (χ4v) is 1.79. The number of rotatable bonds is 2. The number of carbonyl (C=O) groups excluding carboxylic acids is 1. The van der Waals surface area contributed by atoms with E-state index in [1.807, 2.05) is 24.3 Å². The van der Waals surface area contributed by atoms with Gasteiger partial charge < -0.3 is 10.1 Å². The van der Waals surface area contributed by atoms with Gasteiger partial charge in [-0.25, -0.2) is 4.79 Å². The van der Waals surface area contributed by atoms with Crippen molar-refractivity contribution in [1.29, 1.82) is 5.26 Å². The van der Waals surface area contributed by atoms with Crippen LogP contribution >= 0.6 is 0 Å². The van der Waals surface area contributed by atoms with E-state index in [-0.39, 0.29) is 5.41 Å². The molecule has 0 heterocycles. The lowest BCUT2D eigenvalue weighted by Crippen LogP contribution is -2.34. The van der Waals surface area contributed by atoms with Crippen molar-refractivity contribution in [2.75, 3.05) is 0 Å². The molecule has 0 aliphatic heterocycles. The molecule has 4 heteroatoms. The molecule has 0 bridgehead atoms. The Hall–Kier alpha value is -2.02. The average molecular weight is 288 g/mol. The van der Waals surface area contributed by atoms with E-state index in [0.29, 0.717) is 0 Å². The molecule has 0 aliphatic rings. The molecule has 0 spiro atoms. The van der Waals surface area contributed by atoms with Crippen molar-refractivity contribution < 1.29 is 9.53 Å². The summed E-state index contributed by atoms with van der Waals surface area (Å²) in [5.41, 5.74) is 1.40. The highest BCUT2D eigenvalue weighted by Gasteiger charge is 2.21. The van der Waals surface area contributed by atoms with E-state index < -0.39 is 17.7 Å². The fourth-order valence-electron chi connectivity index (χ4n) is 1.79. The molecule has 1 N–H and O–H groups in total. The molecule has 4 nitrogen and oxygen atoms in total. The Kier molecular flexibility index (Phi) is 5.01. The lowest BCUT2D eigenvalue weighted by atomic mass is 9.86. The van der Waals surface area contributed by atoms with Gasteiger partial charge in [0.05, 0.1) is 6.07 Å². The highest BCUT2D eigenvalue weighted by atomic mass is 16.6. The number of hydrogen-bond donors (Lipinski definition) is 1. The summed E-state index contributed by atoms with van der Waals surface area (Å²) in [5, 5.41) is 11.8. The van der Waals surface area contributed by atoms with Crippen molar-refractivity contribution in [1.82, 2.24) is 5.32 Å². The van der Waals surface area contributed by atoms with E-state index in [1.54, 1.807) is 20.8 Å². The van der Waals surface area contributed by atoms with Gasteiger partial charge in [0.1, 0.15) is 11.6 Å². The second-order valence-corrected chi connectivity index (χ2v) is 7.08. The van der Waals surface area contributed by atoms with Gasteiger partial charge in [-0.1, -0.05) is 45.0 Å². The number of nitriles is 1. The smallest absolute Gasteiger partial charge is 0.408 e. The van der Waals surface area contributed by atoms with Gasteiger partial charge in [0.15, 0.2) is 0 Å². The van der Waals surface area contributed by atoms with E-state index >= 15 is 0 Å². The minimum atomic E-state index is -0.714. The number of nitrogens with one attached hydrogen (secondary N) is 1. The molecule has 1 rings (SSSR count). The number of amides is 1. The first-order chi connectivity index (χ1) is 9.53. The monoisotopic (exact) mass is 288 g/mol. The summed E-state index contributed by atoms with van der Waals surface area (Å²) in [6, 6.07) is 9.07. The Morgan fingerprint density at radius 3 is 2.05 bits per heavy atom. The summed E-state index contributed by atoms with van der Waals surface area (Å²) in [6.07, 6.45) is -0.589. The largest absolute Gasteiger partial charge is 0.444 e. The Balaban J connectivity index is 2.82. The number of hydrogen-bond acceptors (Lipinski definition) is 3. The quantitative estimate of drug-likeness (QED) is 0.892. The minimum absolute atomic E-state index is 0.0548. The molecule has 0 unspecified atom stereocenters. The summed E-state index contributed by atoms with van der Waals surface area (Å²) in [6.45, 7) is 11.7. The molecule has 0 aliphatic carbocycles. The highest BCUT2D eigenvalue weighted by molar-refractivity contribution is 5.69. The lowest BCUT2D eigenvalue weighted by Gasteiger charge is -2.22. The number of benzene rings is 1. The predicted molar refractivity (Wildman–Crippen MR) is 82.9 cm³/mol. The third-order valence-electron chi connectivity index (χ3n) is 2.90. The van der Waals surface area contributed by atoms with Crippen LogP contribution in [0.4, 0.5) is 4.79 Å². The van der Waals surface area contributed by atoms with Crippen LogP contribution < -0.4 is 5.32 Å². The van der Waals surface area contributed by atoms with E-state index in [1.165, 1.54) is 5.56 Å². The second-order valence-electron chi connectivity index (χ2n) is 7.08. The van der Waals surface area contributed by atoms with Crippen LogP contribution in [-0.4, -0.2) is 11.7 Å². The first-order valence-corrected chi connectivity index (χ1v) is 7.02. The van der Waals surface area contributed by atoms with Crippen LogP contribution in [0, 0.1) is 11.3 Å². The van der Waals surface area contributed by atoms with Crippen molar-refractivity contribution in [2.24, 2.45) is 0 Å². The Bertz CT molecular complexity index is 528. The summed E-state index contributed by atoms with van der Waals surface area (Å²) < 4.78 is 5.17. The number of carbonyl (C=O) groups is 1. The second kappa shape index (κ2) is 6.17. The molecule has 1 aromatic rings. The average Bonchev–Trinajstić information content (AvgIpc) is 2.33. The Morgan fingerprint density at radius 2 is 1.67 bits per heavy atom. The molecule has 0 saturated carbocycles. The molecule has 1 amide bonds. The van der Waals surface area contributed by atoms with Gasteiger partial charge in [-0.3, -0.25) is 0 Å². The van der Waals surface area contributed by atoms with Gasteiger partial charge in [0, 0.05) is 0 Å². The van der Waals surface area contributed by atoms with Gasteiger partial charge in [-0.15, -0.1) is 0 Å². The third-order valence-corrected chi connectivity index (χ3v) is 2.90. The van der Waals surface area contributed by atoms with Crippen LogP contribution in [0.1, 0.15) is 58.7 Å². The van der Waals surface area contributed by atoms with Gasteiger partial charge in [-0.2, -0.15) is 5.26 Å². The van der Waals surface area contributed by atoms with Crippen LogP contribution in [0.2, 0.25) is 0 Å². The topological polar surface area (TPSA) is 62.1 Å². The number of ether oxygens (including phenoxy) is 1. The SMILES string of the molecule is CC(C)(C)OC(=O)N[C@H](C#N)c1ccc(C(C)(C)C)cc1. The molecular formula is C17H24N2O2. The molecule has 21 heavy (non-hydrogen) atoms. The van der Waals surface area contributed by atoms with Crippen LogP contribution in [0.5, 0.6) is 0 Å². The summed E-state index contributed by atoms with van der Waals surface area (Å²) in [5.74, 6) is 0. The fraction of sp³-hybridized carbons (Fsp3) is 0.529. The van der Waals surface area contributed by atoms with E-state index in [4.69, 9.17) is 4.74 Å². The van der Waals surface area contributed by atoms with Gasteiger partial charge in [-0.05, 0) is 37.3 Å². The molecular weight excluding hydrogens is 264 g/mol. The highest BCUT2D eigenvalue weighted by Crippen LogP contribution is 2.24. The van der Waals surface area contributed by atoms with Gasteiger partial charge in [0.2, 0.25) is 0 Å². The minimum Gasteiger partial charge on any atom is -0.444 e. The third kappa shape index (κ3) is 5.47. The molecule has 0 saturated heterocycles. The van der Waals surface area contributed by atoms with Crippen molar-refractivity contribution >= 4 is 6.09 Å². The van der Waals surface area contributed by atoms with Gasteiger partial charge in [0.25, 0.3) is 0 Å². The zero-order valence-corrected chi connectivity index (χ0v) is 13.7. The molecule has 114 valence electrons. The summed E-state index contributed by atoms with van der Waals surface area (Å²) in [7, 11) is 0. The number of alkyl carbamates (subject to hydrolysis) is 1. The molecule has 1 aromatic carbocycles. The molecule has 0 aromatic heterocycles. The lowest BCUT2D eigenvalue weighted by molar-refractivity contribution is 0.0515. The van der Waals surface area contributed by atoms with E-state index in [0.717, 1.165) is 5.56 Å². The maximum absolute atomic E-state index is 11.7. The Morgan fingerprint density at radius 1 is 1.14 bits per heavy atom. The van der Waals surface area contributed by atoms with Crippen LogP contribution in [0.3, 0.4) is 0 Å². The Labute approximate surface area is 127 Å². The number of nitrogens with zero attached hydrogens (tertiary/aromatic N) is 1. The van der Waals surface area contributed by atoms with Crippen molar-refractivity contribution in [3.63, 3.8) is 0 Å². The zero-order chi connectivity index (χ0) is 16.3.